The highest BCUT2D eigenvalue weighted by atomic mass is 79.9. The highest BCUT2D eigenvalue weighted by Crippen LogP contribution is 2.22. The minimum Gasteiger partial charge on any atom is -0.451 e. The van der Waals surface area contributed by atoms with Gasteiger partial charge in [0.25, 0.3) is 5.91 Å². The lowest BCUT2D eigenvalue weighted by molar-refractivity contribution is -0.124. The van der Waals surface area contributed by atoms with Gasteiger partial charge in [-0.25, -0.2) is 4.79 Å². The van der Waals surface area contributed by atoms with E-state index in [0.717, 1.165) is 10.2 Å². The lowest BCUT2D eigenvalue weighted by Gasteiger charge is -2.07. The van der Waals surface area contributed by atoms with Crippen LogP contribution < -0.4 is 5.32 Å². The van der Waals surface area contributed by atoms with E-state index in [1.165, 1.54) is 22.5 Å². The topological polar surface area (TPSA) is 55.4 Å². The van der Waals surface area contributed by atoms with Crippen molar-refractivity contribution in [2.75, 3.05) is 13.2 Å². The molecule has 0 aliphatic rings. The number of esters is 1. The van der Waals surface area contributed by atoms with Gasteiger partial charge in [-0.05, 0) is 52.5 Å². The van der Waals surface area contributed by atoms with E-state index in [0.29, 0.717) is 11.4 Å². The number of benzene rings is 1. The largest absolute Gasteiger partial charge is 0.451 e. The fourth-order valence-electron chi connectivity index (χ4n) is 1.90. The van der Waals surface area contributed by atoms with Gasteiger partial charge < -0.3 is 10.1 Å². The third-order valence-electron chi connectivity index (χ3n) is 3.09. The molecule has 6 heteroatoms. The maximum atomic E-state index is 11.7. The van der Waals surface area contributed by atoms with Gasteiger partial charge in [-0.1, -0.05) is 24.3 Å². The average molecular weight is 382 g/mol. The molecule has 1 amide bonds. The van der Waals surface area contributed by atoms with Crippen molar-refractivity contribution in [2.24, 2.45) is 0 Å². The molecule has 0 spiro atoms. The van der Waals surface area contributed by atoms with Crippen molar-refractivity contribution in [1.29, 1.82) is 0 Å². The van der Waals surface area contributed by atoms with Gasteiger partial charge in [-0.3, -0.25) is 4.79 Å². The third-order valence-corrected chi connectivity index (χ3v) is 4.69. The van der Waals surface area contributed by atoms with Crippen molar-refractivity contribution >= 4 is 39.1 Å². The number of amides is 1. The van der Waals surface area contributed by atoms with Crippen LogP contribution in [0, 0.1) is 6.92 Å². The number of carbonyl (C=O) groups excluding carboxylic acids is 2. The smallest absolute Gasteiger partial charge is 0.348 e. The minimum absolute atomic E-state index is 0.262. The summed E-state index contributed by atoms with van der Waals surface area (Å²) in [6.07, 6.45) is 0.754. The van der Waals surface area contributed by atoms with E-state index >= 15 is 0 Å². The van der Waals surface area contributed by atoms with Crippen LogP contribution in [0.2, 0.25) is 0 Å². The molecular formula is C16H16BrNO3S. The molecule has 22 heavy (non-hydrogen) atoms. The monoisotopic (exact) mass is 381 g/mol. The van der Waals surface area contributed by atoms with Crippen molar-refractivity contribution in [3.05, 3.63) is 56.2 Å². The molecule has 1 N–H and O–H groups in total. The molecule has 0 fully saturated rings. The molecular weight excluding hydrogens is 366 g/mol. The lowest BCUT2D eigenvalue weighted by Crippen LogP contribution is -2.30. The van der Waals surface area contributed by atoms with Crippen LogP contribution >= 0.6 is 27.3 Å². The zero-order valence-corrected chi connectivity index (χ0v) is 14.5. The van der Waals surface area contributed by atoms with E-state index in [1.807, 2.05) is 31.2 Å². The first-order valence-corrected chi connectivity index (χ1v) is 8.41. The van der Waals surface area contributed by atoms with E-state index in [9.17, 15) is 9.59 Å². The number of halogens is 1. The summed E-state index contributed by atoms with van der Waals surface area (Å²) in [4.78, 5) is 23.8. The zero-order chi connectivity index (χ0) is 15.9. The summed E-state index contributed by atoms with van der Waals surface area (Å²) in [6, 6.07) is 11.5. The summed E-state index contributed by atoms with van der Waals surface area (Å²) < 4.78 is 5.82. The van der Waals surface area contributed by atoms with Gasteiger partial charge in [0.05, 0.1) is 3.79 Å². The van der Waals surface area contributed by atoms with E-state index in [-0.39, 0.29) is 12.5 Å². The Morgan fingerprint density at radius 1 is 1.23 bits per heavy atom. The average Bonchev–Trinajstić information content (AvgIpc) is 2.93. The van der Waals surface area contributed by atoms with Gasteiger partial charge in [0.2, 0.25) is 0 Å². The summed E-state index contributed by atoms with van der Waals surface area (Å²) in [6.45, 7) is 2.30. The van der Waals surface area contributed by atoms with Gasteiger partial charge in [0.1, 0.15) is 4.88 Å². The lowest BCUT2D eigenvalue weighted by atomic mass is 10.1. The minimum atomic E-state index is -0.482. The predicted octanol–water partition coefficient (Wildman–Crippen LogP) is 3.33. The molecule has 116 valence electrons. The SMILES string of the molecule is Cc1ccccc1CCNC(=O)COC(=O)c1ccc(Br)s1. The van der Waals surface area contributed by atoms with Gasteiger partial charge in [-0.15, -0.1) is 11.3 Å². The van der Waals surface area contributed by atoms with Crippen LogP contribution in [0.3, 0.4) is 0 Å². The Morgan fingerprint density at radius 2 is 2.00 bits per heavy atom. The number of carbonyl (C=O) groups is 2. The number of aryl methyl sites for hydroxylation is 1. The molecule has 0 saturated heterocycles. The quantitative estimate of drug-likeness (QED) is 0.780. The Kier molecular flexibility index (Phi) is 6.15. The first-order valence-electron chi connectivity index (χ1n) is 6.80. The molecule has 0 bridgehead atoms. The highest BCUT2D eigenvalue weighted by molar-refractivity contribution is 9.11. The number of hydrogen-bond acceptors (Lipinski definition) is 4. The number of nitrogens with one attached hydrogen (secondary N) is 1. The van der Waals surface area contributed by atoms with E-state index in [4.69, 9.17) is 4.74 Å². The Bertz CT molecular complexity index is 669. The molecule has 4 nitrogen and oxygen atoms in total. The summed E-state index contributed by atoms with van der Waals surface area (Å²) in [5, 5.41) is 2.75. The Balaban J connectivity index is 1.70. The second-order valence-electron chi connectivity index (χ2n) is 4.71. The van der Waals surface area contributed by atoms with Crippen LogP contribution in [0.5, 0.6) is 0 Å². The van der Waals surface area contributed by atoms with Gasteiger partial charge >= 0.3 is 5.97 Å². The van der Waals surface area contributed by atoms with E-state index < -0.39 is 5.97 Å². The van der Waals surface area contributed by atoms with Gasteiger partial charge in [-0.2, -0.15) is 0 Å². The van der Waals surface area contributed by atoms with Crippen molar-refractivity contribution in [3.8, 4) is 0 Å². The van der Waals surface area contributed by atoms with Crippen LogP contribution in [-0.2, 0) is 16.0 Å². The zero-order valence-electron chi connectivity index (χ0n) is 12.1. The normalized spacial score (nSPS) is 10.3. The van der Waals surface area contributed by atoms with Crippen LogP contribution in [0.15, 0.2) is 40.2 Å². The van der Waals surface area contributed by atoms with Crippen LogP contribution in [0.4, 0.5) is 0 Å². The fraction of sp³-hybridized carbons (Fsp3) is 0.250. The third kappa shape index (κ3) is 4.96. The number of rotatable bonds is 6. The molecule has 0 aliphatic carbocycles. The number of thiophene rings is 1. The maximum Gasteiger partial charge on any atom is 0.348 e. The molecule has 0 aliphatic heterocycles. The standard InChI is InChI=1S/C16H16BrNO3S/c1-11-4-2-3-5-12(11)8-9-18-15(19)10-21-16(20)13-6-7-14(17)22-13/h2-7H,8-10H2,1H3,(H,18,19). The second-order valence-corrected chi connectivity index (χ2v) is 7.17. The van der Waals surface area contributed by atoms with Crippen LogP contribution in [0.1, 0.15) is 20.8 Å². The van der Waals surface area contributed by atoms with Crippen molar-refractivity contribution < 1.29 is 14.3 Å². The summed E-state index contributed by atoms with van der Waals surface area (Å²) >= 11 is 4.55. The van der Waals surface area contributed by atoms with Gasteiger partial charge in [0, 0.05) is 6.54 Å². The molecule has 1 aromatic heterocycles. The maximum absolute atomic E-state index is 11.7. The molecule has 0 radical (unpaired) electrons. The molecule has 1 heterocycles. The van der Waals surface area contributed by atoms with Crippen LogP contribution in [0.25, 0.3) is 0 Å². The fourth-order valence-corrected chi connectivity index (χ4v) is 3.18. The van der Waals surface area contributed by atoms with Gasteiger partial charge in [0.15, 0.2) is 6.61 Å². The van der Waals surface area contributed by atoms with Crippen molar-refractivity contribution in [1.82, 2.24) is 5.32 Å². The Hall–Kier alpha value is -1.66. The van der Waals surface area contributed by atoms with E-state index in [1.54, 1.807) is 12.1 Å². The highest BCUT2D eigenvalue weighted by Gasteiger charge is 2.12. The predicted molar refractivity (Wildman–Crippen MR) is 90.2 cm³/mol. The first-order chi connectivity index (χ1) is 10.6. The first kappa shape index (κ1) is 16.7. The summed E-state index contributed by atoms with van der Waals surface area (Å²) in [5.41, 5.74) is 2.40. The molecule has 0 unspecified atom stereocenters. The summed E-state index contributed by atoms with van der Waals surface area (Å²) in [5.74, 6) is -0.776. The Labute approximate surface area is 141 Å². The Morgan fingerprint density at radius 3 is 2.68 bits per heavy atom. The van der Waals surface area contributed by atoms with Crippen LogP contribution in [-0.4, -0.2) is 25.0 Å². The molecule has 0 atom stereocenters. The van der Waals surface area contributed by atoms with E-state index in [2.05, 4.69) is 21.2 Å². The number of ether oxygens (including phenoxy) is 1. The molecule has 2 aromatic rings. The van der Waals surface area contributed by atoms with Crippen molar-refractivity contribution in [2.45, 2.75) is 13.3 Å². The number of hydrogen-bond donors (Lipinski definition) is 1. The molecule has 2 rings (SSSR count). The molecule has 0 saturated carbocycles. The molecule has 1 aromatic carbocycles. The second kappa shape index (κ2) is 8.10. The van der Waals surface area contributed by atoms with Crippen molar-refractivity contribution in [3.63, 3.8) is 0 Å². The summed E-state index contributed by atoms with van der Waals surface area (Å²) in [7, 11) is 0.